The van der Waals surface area contributed by atoms with Crippen LogP contribution in [-0.2, 0) is 0 Å². The maximum atomic E-state index is 11.7. The highest BCUT2D eigenvalue weighted by atomic mass is 19.1. The van der Waals surface area contributed by atoms with Crippen LogP contribution in [-0.4, -0.2) is 37.2 Å². The fourth-order valence-electron chi connectivity index (χ4n) is 1.36. The van der Waals surface area contributed by atoms with Crippen LogP contribution in [0.3, 0.4) is 0 Å². The molecule has 1 aliphatic heterocycles. The molecule has 1 N–H and O–H groups in total. The van der Waals surface area contributed by atoms with Crippen LogP contribution in [0.5, 0.6) is 0 Å². The molecule has 1 rings (SSSR count). The standard InChI is InChI=1S/C8H15FN2O/c9-4-5-10-8(12)11-6-2-1-3-7-11/h1-7H2,(H,10,12). The lowest BCUT2D eigenvalue weighted by atomic mass is 10.1. The lowest BCUT2D eigenvalue weighted by Crippen LogP contribution is -2.43. The summed E-state index contributed by atoms with van der Waals surface area (Å²) in [5.41, 5.74) is 0. The normalized spacial score (nSPS) is 17.6. The molecule has 1 heterocycles. The van der Waals surface area contributed by atoms with Crippen molar-refractivity contribution >= 4 is 6.03 Å². The van der Waals surface area contributed by atoms with Crippen molar-refractivity contribution in [1.29, 1.82) is 0 Å². The molecule has 0 aliphatic carbocycles. The van der Waals surface area contributed by atoms with Crippen molar-refractivity contribution in [2.45, 2.75) is 19.3 Å². The zero-order chi connectivity index (χ0) is 8.81. The van der Waals surface area contributed by atoms with E-state index in [1.165, 1.54) is 6.42 Å². The van der Waals surface area contributed by atoms with Gasteiger partial charge in [0.25, 0.3) is 0 Å². The van der Waals surface area contributed by atoms with E-state index in [4.69, 9.17) is 0 Å². The first kappa shape index (κ1) is 9.29. The second kappa shape index (κ2) is 4.95. The highest BCUT2D eigenvalue weighted by Crippen LogP contribution is 2.07. The van der Waals surface area contributed by atoms with Gasteiger partial charge in [0, 0.05) is 19.6 Å². The summed E-state index contributed by atoms with van der Waals surface area (Å²) in [4.78, 5) is 13.0. The molecule has 0 aromatic rings. The highest BCUT2D eigenvalue weighted by molar-refractivity contribution is 5.74. The van der Waals surface area contributed by atoms with Gasteiger partial charge in [-0.1, -0.05) is 0 Å². The van der Waals surface area contributed by atoms with Crippen LogP contribution >= 0.6 is 0 Å². The number of hydrogen-bond acceptors (Lipinski definition) is 1. The lowest BCUT2D eigenvalue weighted by Gasteiger charge is -2.26. The lowest BCUT2D eigenvalue weighted by molar-refractivity contribution is 0.185. The molecule has 3 nitrogen and oxygen atoms in total. The molecular weight excluding hydrogens is 159 g/mol. The minimum atomic E-state index is -0.487. The van der Waals surface area contributed by atoms with Crippen LogP contribution in [0.4, 0.5) is 9.18 Å². The van der Waals surface area contributed by atoms with E-state index in [0.717, 1.165) is 25.9 Å². The number of piperidine rings is 1. The number of nitrogens with one attached hydrogen (secondary N) is 1. The van der Waals surface area contributed by atoms with Gasteiger partial charge in [0.05, 0.1) is 0 Å². The summed E-state index contributed by atoms with van der Waals surface area (Å²) in [6.45, 7) is 1.28. The van der Waals surface area contributed by atoms with Crippen LogP contribution in [0.2, 0.25) is 0 Å². The number of amides is 2. The Morgan fingerprint density at radius 2 is 2.00 bits per heavy atom. The van der Waals surface area contributed by atoms with E-state index in [9.17, 15) is 9.18 Å². The Labute approximate surface area is 71.9 Å². The van der Waals surface area contributed by atoms with E-state index in [-0.39, 0.29) is 12.6 Å². The molecule has 12 heavy (non-hydrogen) atoms. The third-order valence-corrected chi connectivity index (χ3v) is 2.01. The molecule has 0 saturated carbocycles. The van der Waals surface area contributed by atoms with Crippen molar-refractivity contribution in [3.63, 3.8) is 0 Å². The quantitative estimate of drug-likeness (QED) is 0.669. The minimum absolute atomic E-state index is 0.118. The summed E-state index contributed by atoms with van der Waals surface area (Å²) in [5, 5.41) is 2.51. The van der Waals surface area contributed by atoms with E-state index in [1.54, 1.807) is 4.90 Å². The van der Waals surface area contributed by atoms with E-state index in [0.29, 0.717) is 0 Å². The molecule has 0 radical (unpaired) electrons. The first-order valence-electron chi connectivity index (χ1n) is 4.43. The largest absolute Gasteiger partial charge is 0.335 e. The zero-order valence-electron chi connectivity index (χ0n) is 7.18. The second-order valence-electron chi connectivity index (χ2n) is 2.97. The maximum Gasteiger partial charge on any atom is 0.317 e. The van der Waals surface area contributed by atoms with E-state index in [2.05, 4.69) is 5.32 Å². The first-order chi connectivity index (χ1) is 5.84. The van der Waals surface area contributed by atoms with Crippen LogP contribution in [0.1, 0.15) is 19.3 Å². The van der Waals surface area contributed by atoms with Crippen molar-refractivity contribution in [1.82, 2.24) is 10.2 Å². The molecule has 1 fully saturated rings. The van der Waals surface area contributed by atoms with E-state index in [1.807, 2.05) is 0 Å². The van der Waals surface area contributed by atoms with Crippen molar-refractivity contribution in [3.8, 4) is 0 Å². The SMILES string of the molecule is O=C(NCCF)N1CCCCC1. The molecule has 1 saturated heterocycles. The van der Waals surface area contributed by atoms with Crippen molar-refractivity contribution in [2.75, 3.05) is 26.3 Å². The summed E-state index contributed by atoms with van der Waals surface area (Å²) in [7, 11) is 0. The number of carbonyl (C=O) groups excluding carboxylic acids is 1. The van der Waals surface area contributed by atoms with Gasteiger partial charge in [-0.05, 0) is 19.3 Å². The molecule has 0 atom stereocenters. The van der Waals surface area contributed by atoms with Gasteiger partial charge < -0.3 is 10.2 Å². The molecular formula is C8H15FN2O. The summed E-state index contributed by atoms with van der Waals surface area (Å²) in [5.74, 6) is 0. The number of nitrogens with zero attached hydrogens (tertiary/aromatic N) is 1. The zero-order valence-corrected chi connectivity index (χ0v) is 7.18. The van der Waals surface area contributed by atoms with Gasteiger partial charge in [-0.25, -0.2) is 9.18 Å². The summed E-state index contributed by atoms with van der Waals surface area (Å²) in [6, 6.07) is -0.118. The van der Waals surface area contributed by atoms with Gasteiger partial charge in [0.15, 0.2) is 0 Å². The molecule has 2 amide bonds. The third-order valence-electron chi connectivity index (χ3n) is 2.01. The third kappa shape index (κ3) is 2.68. The minimum Gasteiger partial charge on any atom is -0.335 e. The summed E-state index contributed by atoms with van der Waals surface area (Å²) in [6.07, 6.45) is 3.35. The Morgan fingerprint density at radius 3 is 2.58 bits per heavy atom. The van der Waals surface area contributed by atoms with Gasteiger partial charge in [-0.2, -0.15) is 0 Å². The summed E-state index contributed by atoms with van der Waals surface area (Å²) >= 11 is 0. The Morgan fingerprint density at radius 1 is 1.33 bits per heavy atom. The van der Waals surface area contributed by atoms with Crippen LogP contribution < -0.4 is 5.32 Å². The van der Waals surface area contributed by atoms with Gasteiger partial charge >= 0.3 is 6.03 Å². The number of rotatable bonds is 2. The van der Waals surface area contributed by atoms with E-state index < -0.39 is 6.67 Å². The first-order valence-corrected chi connectivity index (χ1v) is 4.43. The predicted octanol–water partition coefficient (Wildman–Crippen LogP) is 1.15. The summed E-state index contributed by atoms with van der Waals surface area (Å²) < 4.78 is 11.7. The fourth-order valence-corrected chi connectivity index (χ4v) is 1.36. The number of urea groups is 1. The molecule has 1 aliphatic rings. The van der Waals surface area contributed by atoms with Crippen molar-refractivity contribution in [2.24, 2.45) is 0 Å². The average molecular weight is 174 g/mol. The van der Waals surface area contributed by atoms with Gasteiger partial charge in [-0.15, -0.1) is 0 Å². The topological polar surface area (TPSA) is 32.3 Å². The monoisotopic (exact) mass is 174 g/mol. The van der Waals surface area contributed by atoms with Crippen LogP contribution in [0, 0.1) is 0 Å². The fraction of sp³-hybridized carbons (Fsp3) is 0.875. The molecule has 4 heteroatoms. The molecule has 0 unspecified atom stereocenters. The van der Waals surface area contributed by atoms with Crippen molar-refractivity contribution in [3.05, 3.63) is 0 Å². The number of likely N-dealkylation sites (tertiary alicyclic amines) is 1. The number of hydrogen-bond donors (Lipinski definition) is 1. The average Bonchev–Trinajstić information content (AvgIpc) is 2.15. The Bertz CT molecular complexity index is 146. The van der Waals surface area contributed by atoms with Gasteiger partial charge in [0.2, 0.25) is 0 Å². The van der Waals surface area contributed by atoms with Gasteiger partial charge in [-0.3, -0.25) is 0 Å². The Kier molecular flexibility index (Phi) is 3.84. The maximum absolute atomic E-state index is 11.7. The van der Waals surface area contributed by atoms with Crippen LogP contribution in [0.25, 0.3) is 0 Å². The van der Waals surface area contributed by atoms with Crippen LogP contribution in [0.15, 0.2) is 0 Å². The Hall–Kier alpha value is -0.800. The number of halogens is 1. The second-order valence-corrected chi connectivity index (χ2v) is 2.97. The molecule has 0 aromatic heterocycles. The van der Waals surface area contributed by atoms with Gasteiger partial charge in [0.1, 0.15) is 6.67 Å². The number of alkyl halides is 1. The highest BCUT2D eigenvalue weighted by Gasteiger charge is 2.14. The molecule has 70 valence electrons. The predicted molar refractivity (Wildman–Crippen MR) is 44.8 cm³/mol. The molecule has 0 bridgehead atoms. The molecule has 0 spiro atoms. The number of carbonyl (C=O) groups is 1. The van der Waals surface area contributed by atoms with Crippen molar-refractivity contribution < 1.29 is 9.18 Å². The smallest absolute Gasteiger partial charge is 0.317 e. The Balaban J connectivity index is 2.20. The molecule has 0 aromatic carbocycles. The van der Waals surface area contributed by atoms with E-state index >= 15 is 0 Å².